The average molecular weight is 327 g/mol. The van der Waals surface area contributed by atoms with E-state index in [4.69, 9.17) is 0 Å². The van der Waals surface area contributed by atoms with Crippen LogP contribution in [0.15, 0.2) is 73.3 Å². The summed E-state index contributed by atoms with van der Waals surface area (Å²) in [5.41, 5.74) is 1.94. The Balaban J connectivity index is 2.18. The molecule has 0 N–H and O–H groups in total. The average Bonchev–Trinajstić information content (AvgIpc) is 2.98. The molecule has 0 saturated carbocycles. The number of nitrogens with zero attached hydrogens (tertiary/aromatic N) is 1. The summed E-state index contributed by atoms with van der Waals surface area (Å²) in [6.45, 7) is 4.29. The highest BCUT2D eigenvalue weighted by molar-refractivity contribution is 7.88. The van der Waals surface area contributed by atoms with Crippen LogP contribution < -0.4 is 0 Å². The molecule has 1 saturated heterocycles. The lowest BCUT2D eigenvalue weighted by Gasteiger charge is -2.30. The SMILES string of the molecule is C=CC1CC(c2ccccc2)(c2ccccc2)CN1S(C)(=O)=O. The summed E-state index contributed by atoms with van der Waals surface area (Å²) in [4.78, 5) is 0. The first kappa shape index (κ1) is 16.0. The van der Waals surface area contributed by atoms with Gasteiger partial charge in [0.1, 0.15) is 0 Å². The molecule has 3 nitrogen and oxygen atoms in total. The zero-order valence-electron chi connectivity index (χ0n) is 13.2. The Kier molecular flexibility index (Phi) is 4.13. The van der Waals surface area contributed by atoms with E-state index in [9.17, 15) is 8.42 Å². The summed E-state index contributed by atoms with van der Waals surface area (Å²) < 4.78 is 26.0. The molecule has 0 aromatic heterocycles. The minimum Gasteiger partial charge on any atom is -0.212 e. The first-order valence-corrected chi connectivity index (χ1v) is 9.53. The second-order valence-corrected chi connectivity index (χ2v) is 8.06. The van der Waals surface area contributed by atoms with Gasteiger partial charge in [-0.1, -0.05) is 66.7 Å². The van der Waals surface area contributed by atoms with Crippen molar-refractivity contribution in [2.75, 3.05) is 12.8 Å². The second kappa shape index (κ2) is 5.95. The zero-order chi connectivity index (χ0) is 16.5. The third kappa shape index (κ3) is 2.84. The normalized spacial score (nSPS) is 21.2. The molecule has 1 atom stereocenters. The van der Waals surface area contributed by atoms with Gasteiger partial charge in [-0.05, 0) is 17.5 Å². The fourth-order valence-electron chi connectivity index (χ4n) is 3.57. The van der Waals surface area contributed by atoms with Crippen molar-refractivity contribution in [3.63, 3.8) is 0 Å². The van der Waals surface area contributed by atoms with E-state index in [-0.39, 0.29) is 11.5 Å². The molecule has 1 aliphatic heterocycles. The van der Waals surface area contributed by atoms with Crippen molar-refractivity contribution < 1.29 is 8.42 Å². The van der Waals surface area contributed by atoms with Gasteiger partial charge in [0.15, 0.2) is 0 Å². The monoisotopic (exact) mass is 327 g/mol. The molecule has 1 heterocycles. The Morgan fingerprint density at radius 3 is 1.87 bits per heavy atom. The highest BCUT2D eigenvalue weighted by atomic mass is 32.2. The lowest BCUT2D eigenvalue weighted by molar-refractivity contribution is 0.427. The topological polar surface area (TPSA) is 37.4 Å². The smallest absolute Gasteiger partial charge is 0.211 e. The maximum atomic E-state index is 12.2. The van der Waals surface area contributed by atoms with Gasteiger partial charge in [0.05, 0.1) is 6.26 Å². The maximum Gasteiger partial charge on any atom is 0.211 e. The predicted octanol–water partition coefficient (Wildman–Crippen LogP) is 3.19. The van der Waals surface area contributed by atoms with Crippen molar-refractivity contribution in [1.82, 2.24) is 4.31 Å². The molecule has 0 radical (unpaired) electrons. The summed E-state index contributed by atoms with van der Waals surface area (Å²) in [6.07, 6.45) is 3.72. The van der Waals surface area contributed by atoms with Gasteiger partial charge in [0.25, 0.3) is 0 Å². The van der Waals surface area contributed by atoms with Gasteiger partial charge in [-0.15, -0.1) is 6.58 Å². The highest BCUT2D eigenvalue weighted by Crippen LogP contribution is 2.44. The van der Waals surface area contributed by atoms with Crippen molar-refractivity contribution in [1.29, 1.82) is 0 Å². The van der Waals surface area contributed by atoms with Crippen molar-refractivity contribution in [3.05, 3.63) is 84.4 Å². The van der Waals surface area contributed by atoms with Crippen LogP contribution in [0, 0.1) is 0 Å². The maximum absolute atomic E-state index is 12.2. The molecule has 1 aliphatic rings. The second-order valence-electron chi connectivity index (χ2n) is 6.13. The van der Waals surface area contributed by atoms with Crippen LogP contribution in [0.25, 0.3) is 0 Å². The Hall–Kier alpha value is -1.91. The summed E-state index contributed by atoms with van der Waals surface area (Å²) >= 11 is 0. The molecule has 3 rings (SSSR count). The Morgan fingerprint density at radius 1 is 1.04 bits per heavy atom. The number of rotatable bonds is 4. The minimum absolute atomic E-state index is 0.189. The van der Waals surface area contributed by atoms with Crippen molar-refractivity contribution in [2.24, 2.45) is 0 Å². The Bertz CT molecular complexity index is 745. The van der Waals surface area contributed by atoms with Gasteiger partial charge in [-0.3, -0.25) is 0 Å². The fourth-order valence-corrected chi connectivity index (χ4v) is 4.68. The molecule has 0 bridgehead atoms. The van der Waals surface area contributed by atoms with Crippen LogP contribution in [-0.4, -0.2) is 31.6 Å². The van der Waals surface area contributed by atoms with Gasteiger partial charge in [0, 0.05) is 18.0 Å². The number of benzene rings is 2. The molecule has 0 aliphatic carbocycles. The minimum atomic E-state index is -3.29. The van der Waals surface area contributed by atoms with Crippen LogP contribution in [0.4, 0.5) is 0 Å². The lowest BCUT2D eigenvalue weighted by atomic mass is 9.73. The highest BCUT2D eigenvalue weighted by Gasteiger charge is 2.48. The quantitative estimate of drug-likeness (QED) is 0.809. The molecule has 0 amide bonds. The molecule has 23 heavy (non-hydrogen) atoms. The van der Waals surface area contributed by atoms with Crippen molar-refractivity contribution in [2.45, 2.75) is 17.9 Å². The molecular formula is C19H21NO2S. The van der Waals surface area contributed by atoms with Crippen LogP contribution >= 0.6 is 0 Å². The van der Waals surface area contributed by atoms with Crippen LogP contribution in [0.5, 0.6) is 0 Å². The van der Waals surface area contributed by atoms with Gasteiger partial charge >= 0.3 is 0 Å². The van der Waals surface area contributed by atoms with Gasteiger partial charge < -0.3 is 0 Å². The fraction of sp³-hybridized carbons (Fsp3) is 0.263. The number of hydrogen-bond acceptors (Lipinski definition) is 2. The Morgan fingerprint density at radius 2 is 1.52 bits per heavy atom. The largest absolute Gasteiger partial charge is 0.212 e. The third-order valence-electron chi connectivity index (χ3n) is 4.70. The van der Waals surface area contributed by atoms with Gasteiger partial charge in [0.2, 0.25) is 10.0 Å². The molecule has 1 unspecified atom stereocenters. The van der Waals surface area contributed by atoms with Crippen molar-refractivity contribution >= 4 is 10.0 Å². The van der Waals surface area contributed by atoms with E-state index in [0.29, 0.717) is 13.0 Å². The van der Waals surface area contributed by atoms with Crippen LogP contribution in [-0.2, 0) is 15.4 Å². The van der Waals surface area contributed by atoms with E-state index in [1.54, 1.807) is 10.4 Å². The van der Waals surface area contributed by atoms with Gasteiger partial charge in [-0.2, -0.15) is 4.31 Å². The molecule has 120 valence electrons. The van der Waals surface area contributed by atoms with E-state index >= 15 is 0 Å². The van der Waals surface area contributed by atoms with E-state index in [1.807, 2.05) is 36.4 Å². The molecule has 2 aromatic rings. The van der Waals surface area contributed by atoms with Crippen LogP contribution in [0.3, 0.4) is 0 Å². The molecule has 0 spiro atoms. The van der Waals surface area contributed by atoms with E-state index in [1.165, 1.54) is 6.26 Å². The predicted molar refractivity (Wildman–Crippen MR) is 93.8 cm³/mol. The number of hydrogen-bond donors (Lipinski definition) is 0. The molecule has 4 heteroatoms. The van der Waals surface area contributed by atoms with Crippen molar-refractivity contribution in [3.8, 4) is 0 Å². The van der Waals surface area contributed by atoms with E-state index in [0.717, 1.165) is 11.1 Å². The summed E-state index contributed by atoms with van der Waals surface area (Å²) in [7, 11) is -3.29. The third-order valence-corrected chi connectivity index (χ3v) is 5.96. The first-order valence-electron chi connectivity index (χ1n) is 7.68. The number of sulfonamides is 1. The molecule has 2 aromatic carbocycles. The first-order chi connectivity index (χ1) is 11.0. The Labute approximate surface area is 138 Å². The van der Waals surface area contributed by atoms with E-state index in [2.05, 4.69) is 30.8 Å². The summed E-state index contributed by atoms with van der Waals surface area (Å²) in [6, 6.07) is 20.1. The molecular weight excluding hydrogens is 306 g/mol. The summed E-state index contributed by atoms with van der Waals surface area (Å²) in [5.74, 6) is 0. The standard InChI is InChI=1S/C19H21NO2S/c1-3-18-14-19(15-20(18)23(2,21)22,16-10-6-4-7-11-16)17-12-8-5-9-13-17/h3-13,18H,1,14-15H2,2H3. The summed E-state index contributed by atoms with van der Waals surface area (Å²) in [5, 5.41) is 0. The zero-order valence-corrected chi connectivity index (χ0v) is 14.0. The molecule has 1 fully saturated rings. The van der Waals surface area contributed by atoms with Crippen LogP contribution in [0.2, 0.25) is 0 Å². The van der Waals surface area contributed by atoms with Gasteiger partial charge in [-0.25, -0.2) is 8.42 Å². The lowest BCUT2D eigenvalue weighted by Crippen LogP contribution is -2.36. The van der Waals surface area contributed by atoms with E-state index < -0.39 is 10.0 Å². The van der Waals surface area contributed by atoms with Crippen LogP contribution in [0.1, 0.15) is 17.5 Å².